The number of amides is 1. The van der Waals surface area contributed by atoms with Crippen LogP contribution in [0.1, 0.15) is 11.3 Å². The van der Waals surface area contributed by atoms with Crippen LogP contribution < -0.4 is 10.1 Å². The number of fused-ring (bicyclic) bond motifs is 1. The van der Waals surface area contributed by atoms with Crippen LogP contribution in [0.2, 0.25) is 0 Å². The monoisotopic (exact) mass is 308 g/mol. The largest absolute Gasteiger partial charge is 0.497 e. The first-order valence-electron chi connectivity index (χ1n) is 7.57. The maximum absolute atomic E-state index is 12.4. The minimum absolute atomic E-state index is 0.0299. The van der Waals surface area contributed by atoms with Crippen LogP contribution in [0, 0.1) is 6.92 Å². The molecular formula is C19H20N2O2. The van der Waals surface area contributed by atoms with E-state index in [1.54, 1.807) is 7.11 Å². The summed E-state index contributed by atoms with van der Waals surface area (Å²) in [6.45, 7) is 2.05. The van der Waals surface area contributed by atoms with Crippen LogP contribution in [0.25, 0.3) is 10.9 Å². The van der Waals surface area contributed by atoms with Crippen LogP contribution in [0.15, 0.2) is 48.5 Å². The van der Waals surface area contributed by atoms with E-state index in [2.05, 4.69) is 22.0 Å². The molecule has 0 aliphatic rings. The zero-order valence-corrected chi connectivity index (χ0v) is 13.6. The molecule has 118 valence electrons. The molecule has 4 heteroatoms. The Bertz CT molecular complexity index is 865. The van der Waals surface area contributed by atoms with Crippen molar-refractivity contribution >= 4 is 22.5 Å². The topological polar surface area (TPSA) is 43.3 Å². The molecule has 1 aromatic heterocycles. The van der Waals surface area contributed by atoms with Crippen molar-refractivity contribution in [2.24, 2.45) is 7.05 Å². The molecule has 4 nitrogen and oxygen atoms in total. The summed E-state index contributed by atoms with van der Waals surface area (Å²) < 4.78 is 7.31. The first-order valence-corrected chi connectivity index (χ1v) is 7.57. The van der Waals surface area contributed by atoms with Crippen LogP contribution in [0.4, 0.5) is 5.69 Å². The predicted octanol–water partition coefficient (Wildman–Crippen LogP) is 3.68. The van der Waals surface area contributed by atoms with E-state index in [9.17, 15) is 4.79 Å². The smallest absolute Gasteiger partial charge is 0.228 e. The summed E-state index contributed by atoms with van der Waals surface area (Å²) in [6, 6.07) is 15.5. The molecule has 0 spiro atoms. The van der Waals surface area contributed by atoms with Gasteiger partial charge >= 0.3 is 0 Å². The van der Waals surface area contributed by atoms with E-state index in [1.165, 1.54) is 0 Å². The normalized spacial score (nSPS) is 10.7. The van der Waals surface area contributed by atoms with E-state index in [4.69, 9.17) is 4.74 Å². The second-order valence-corrected chi connectivity index (χ2v) is 5.60. The Kier molecular flexibility index (Phi) is 4.06. The Labute approximate surface area is 135 Å². The maximum Gasteiger partial charge on any atom is 0.228 e. The van der Waals surface area contributed by atoms with E-state index >= 15 is 0 Å². The first-order chi connectivity index (χ1) is 11.1. The van der Waals surface area contributed by atoms with Gasteiger partial charge in [-0.05, 0) is 30.7 Å². The number of para-hydroxylation sites is 1. The molecule has 1 amide bonds. The Balaban J connectivity index is 1.84. The van der Waals surface area contributed by atoms with Gasteiger partial charge < -0.3 is 14.6 Å². The maximum atomic E-state index is 12.4. The highest BCUT2D eigenvalue weighted by atomic mass is 16.5. The zero-order valence-electron chi connectivity index (χ0n) is 13.6. The summed E-state index contributed by atoms with van der Waals surface area (Å²) in [5.74, 6) is 0.696. The summed E-state index contributed by atoms with van der Waals surface area (Å²) in [5, 5.41) is 4.07. The third-order valence-electron chi connectivity index (χ3n) is 4.22. The number of benzene rings is 2. The molecule has 0 bridgehead atoms. The van der Waals surface area contributed by atoms with Crippen molar-refractivity contribution in [2.45, 2.75) is 13.3 Å². The summed E-state index contributed by atoms with van der Waals surface area (Å²) in [4.78, 5) is 12.4. The average molecular weight is 308 g/mol. The van der Waals surface area contributed by atoms with Gasteiger partial charge in [0, 0.05) is 35.4 Å². The van der Waals surface area contributed by atoms with E-state index in [0.29, 0.717) is 6.42 Å². The number of ether oxygens (including phenoxy) is 1. The van der Waals surface area contributed by atoms with E-state index in [0.717, 1.165) is 33.6 Å². The quantitative estimate of drug-likeness (QED) is 0.799. The van der Waals surface area contributed by atoms with Crippen molar-refractivity contribution in [1.29, 1.82) is 0 Å². The van der Waals surface area contributed by atoms with Crippen LogP contribution in [-0.2, 0) is 18.3 Å². The molecule has 0 atom stereocenters. The highest BCUT2D eigenvalue weighted by Crippen LogP contribution is 2.25. The van der Waals surface area contributed by atoms with Crippen molar-refractivity contribution in [1.82, 2.24) is 4.57 Å². The molecule has 0 saturated heterocycles. The minimum atomic E-state index is -0.0299. The number of aryl methyl sites for hydroxylation is 1. The molecule has 3 aromatic rings. The van der Waals surface area contributed by atoms with E-state index in [-0.39, 0.29) is 5.91 Å². The Morgan fingerprint density at radius 3 is 2.74 bits per heavy atom. The fourth-order valence-electron chi connectivity index (χ4n) is 2.89. The van der Waals surface area contributed by atoms with Crippen molar-refractivity contribution in [3.05, 3.63) is 59.8 Å². The Morgan fingerprint density at radius 2 is 1.96 bits per heavy atom. The van der Waals surface area contributed by atoms with Crippen molar-refractivity contribution < 1.29 is 9.53 Å². The van der Waals surface area contributed by atoms with Gasteiger partial charge in [-0.25, -0.2) is 0 Å². The lowest BCUT2D eigenvalue weighted by Gasteiger charge is -2.07. The van der Waals surface area contributed by atoms with Crippen LogP contribution in [0.5, 0.6) is 5.75 Å². The fraction of sp³-hybridized carbons (Fsp3) is 0.211. The third-order valence-corrected chi connectivity index (χ3v) is 4.22. The van der Waals surface area contributed by atoms with Crippen molar-refractivity contribution in [3.63, 3.8) is 0 Å². The molecule has 2 aromatic carbocycles. The minimum Gasteiger partial charge on any atom is -0.497 e. The molecule has 1 N–H and O–H groups in total. The van der Waals surface area contributed by atoms with E-state index in [1.807, 2.05) is 50.4 Å². The zero-order chi connectivity index (χ0) is 16.4. The first kappa shape index (κ1) is 15.2. The summed E-state index contributed by atoms with van der Waals surface area (Å²) in [7, 11) is 3.64. The van der Waals surface area contributed by atoms with Crippen LogP contribution in [-0.4, -0.2) is 17.6 Å². The van der Waals surface area contributed by atoms with Crippen molar-refractivity contribution in [3.8, 4) is 5.75 Å². The number of carbonyl (C=O) groups excluding carboxylic acids is 1. The molecule has 0 aliphatic carbocycles. The molecule has 0 aliphatic heterocycles. The van der Waals surface area contributed by atoms with Gasteiger partial charge in [0.25, 0.3) is 0 Å². The van der Waals surface area contributed by atoms with Gasteiger partial charge in [-0.1, -0.05) is 24.3 Å². The second kappa shape index (κ2) is 6.16. The number of anilines is 1. The number of aromatic nitrogens is 1. The van der Waals surface area contributed by atoms with E-state index < -0.39 is 0 Å². The highest BCUT2D eigenvalue weighted by molar-refractivity contribution is 5.96. The lowest BCUT2D eigenvalue weighted by atomic mass is 10.1. The van der Waals surface area contributed by atoms with Crippen molar-refractivity contribution in [2.75, 3.05) is 12.4 Å². The Hall–Kier alpha value is -2.75. The Morgan fingerprint density at radius 1 is 1.17 bits per heavy atom. The summed E-state index contributed by atoms with van der Waals surface area (Å²) in [6.07, 6.45) is 0.352. The number of rotatable bonds is 4. The lowest BCUT2D eigenvalue weighted by Crippen LogP contribution is -2.15. The van der Waals surface area contributed by atoms with Gasteiger partial charge in [-0.3, -0.25) is 4.79 Å². The number of carbonyl (C=O) groups is 1. The predicted molar refractivity (Wildman–Crippen MR) is 93.0 cm³/mol. The van der Waals surface area contributed by atoms with Crippen LogP contribution in [0.3, 0.4) is 0 Å². The lowest BCUT2D eigenvalue weighted by molar-refractivity contribution is -0.115. The molecule has 0 unspecified atom stereocenters. The van der Waals surface area contributed by atoms with Crippen LogP contribution >= 0.6 is 0 Å². The fourth-order valence-corrected chi connectivity index (χ4v) is 2.89. The number of hydrogen-bond donors (Lipinski definition) is 1. The number of hydrogen-bond acceptors (Lipinski definition) is 2. The standard InChI is InChI=1S/C19H20N2O2/c1-13-17(16-9-4-5-10-18(16)21(13)2)12-19(22)20-14-7-6-8-15(11-14)23-3/h4-11H,12H2,1-3H3,(H,20,22). The number of nitrogens with one attached hydrogen (secondary N) is 1. The second-order valence-electron chi connectivity index (χ2n) is 5.60. The molecule has 0 fully saturated rings. The molecule has 23 heavy (non-hydrogen) atoms. The molecule has 0 saturated carbocycles. The molecule has 3 rings (SSSR count). The highest BCUT2D eigenvalue weighted by Gasteiger charge is 2.14. The van der Waals surface area contributed by atoms with Gasteiger partial charge in [0.1, 0.15) is 5.75 Å². The van der Waals surface area contributed by atoms with Gasteiger partial charge in [0.15, 0.2) is 0 Å². The molecule has 1 heterocycles. The van der Waals surface area contributed by atoms with Gasteiger partial charge in [0.05, 0.1) is 13.5 Å². The SMILES string of the molecule is COc1cccc(NC(=O)Cc2c(C)n(C)c3ccccc23)c1. The molecular weight excluding hydrogens is 288 g/mol. The summed E-state index contributed by atoms with van der Waals surface area (Å²) in [5.41, 5.74) is 4.08. The number of methoxy groups -OCH3 is 1. The van der Waals surface area contributed by atoms with Gasteiger partial charge in [0.2, 0.25) is 5.91 Å². The summed E-state index contributed by atoms with van der Waals surface area (Å²) >= 11 is 0. The van der Waals surface area contributed by atoms with Gasteiger partial charge in [-0.2, -0.15) is 0 Å². The third kappa shape index (κ3) is 2.93. The number of nitrogens with zero attached hydrogens (tertiary/aromatic N) is 1. The molecule has 0 radical (unpaired) electrons. The average Bonchev–Trinajstić information content (AvgIpc) is 2.80. The van der Waals surface area contributed by atoms with Gasteiger partial charge in [-0.15, -0.1) is 0 Å².